The third-order valence-electron chi connectivity index (χ3n) is 4.42. The van der Waals surface area contributed by atoms with E-state index in [1.165, 1.54) is 12.8 Å². The van der Waals surface area contributed by atoms with E-state index in [9.17, 15) is 4.79 Å². The fourth-order valence-corrected chi connectivity index (χ4v) is 3.09. The molecule has 1 saturated heterocycles. The molecule has 1 aliphatic heterocycles. The quantitative estimate of drug-likeness (QED) is 0.902. The van der Waals surface area contributed by atoms with E-state index < -0.39 is 0 Å². The van der Waals surface area contributed by atoms with E-state index in [0.717, 1.165) is 30.9 Å². The number of nitrogens with one attached hydrogen (secondary N) is 1. The van der Waals surface area contributed by atoms with Crippen molar-refractivity contribution in [3.63, 3.8) is 0 Å². The number of hydrogen-bond acceptors (Lipinski definition) is 4. The maximum absolute atomic E-state index is 12.3. The number of aromatic nitrogens is 3. The van der Waals surface area contributed by atoms with Gasteiger partial charge in [-0.2, -0.15) is 0 Å². The van der Waals surface area contributed by atoms with Crippen LogP contribution >= 0.6 is 11.6 Å². The van der Waals surface area contributed by atoms with Crippen molar-refractivity contribution in [2.24, 2.45) is 0 Å². The number of aryl methyl sites for hydroxylation is 1. The van der Waals surface area contributed by atoms with Gasteiger partial charge in [-0.3, -0.25) is 4.79 Å². The number of hydrogen-bond donors (Lipinski definition) is 1. The summed E-state index contributed by atoms with van der Waals surface area (Å²) in [5.41, 5.74) is 2.85. The van der Waals surface area contributed by atoms with Gasteiger partial charge in [-0.25, -0.2) is 4.68 Å². The van der Waals surface area contributed by atoms with E-state index in [2.05, 4.69) is 20.5 Å². The second kappa shape index (κ2) is 7.32. The molecule has 3 rings (SSSR count). The van der Waals surface area contributed by atoms with Crippen molar-refractivity contribution in [3.05, 3.63) is 40.2 Å². The lowest BCUT2D eigenvalue weighted by Crippen LogP contribution is -2.33. The smallest absolute Gasteiger partial charge is 0.273 e. The number of benzene rings is 1. The minimum atomic E-state index is -0.184. The van der Waals surface area contributed by atoms with Crippen LogP contribution in [0.2, 0.25) is 5.02 Å². The van der Waals surface area contributed by atoms with Crippen LogP contribution in [0.5, 0.6) is 0 Å². The molecular weight excluding hydrogens is 326 g/mol. The van der Waals surface area contributed by atoms with Gasteiger partial charge in [0, 0.05) is 18.1 Å². The molecule has 24 heavy (non-hydrogen) atoms. The Balaban J connectivity index is 1.67. The summed E-state index contributed by atoms with van der Waals surface area (Å²) < 4.78 is 1.64. The lowest BCUT2D eigenvalue weighted by atomic mass is 10.2. The van der Waals surface area contributed by atoms with Gasteiger partial charge in [-0.1, -0.05) is 22.9 Å². The Morgan fingerprint density at radius 1 is 1.29 bits per heavy atom. The molecule has 1 N–H and O–H groups in total. The topological polar surface area (TPSA) is 63.1 Å². The number of carbonyl (C=O) groups is 1. The van der Waals surface area contributed by atoms with Crippen molar-refractivity contribution in [3.8, 4) is 5.69 Å². The summed E-state index contributed by atoms with van der Waals surface area (Å²) in [6, 6.07) is 5.67. The van der Waals surface area contributed by atoms with Crippen molar-refractivity contribution in [1.29, 1.82) is 0 Å². The molecule has 1 fully saturated rings. The van der Waals surface area contributed by atoms with E-state index in [4.69, 9.17) is 11.6 Å². The zero-order valence-corrected chi connectivity index (χ0v) is 14.8. The third-order valence-corrected chi connectivity index (χ3v) is 4.83. The molecule has 0 aliphatic carbocycles. The molecule has 2 heterocycles. The van der Waals surface area contributed by atoms with E-state index in [1.54, 1.807) is 4.68 Å². The minimum absolute atomic E-state index is 0.184. The predicted octanol–water partition coefficient (Wildman–Crippen LogP) is 2.36. The second-order valence-electron chi connectivity index (χ2n) is 6.17. The van der Waals surface area contributed by atoms with Crippen molar-refractivity contribution in [2.45, 2.75) is 26.7 Å². The summed E-state index contributed by atoms with van der Waals surface area (Å²) in [7, 11) is 0. The molecule has 0 unspecified atom stereocenters. The Morgan fingerprint density at radius 3 is 2.75 bits per heavy atom. The minimum Gasteiger partial charge on any atom is -0.349 e. The molecule has 128 valence electrons. The summed E-state index contributed by atoms with van der Waals surface area (Å²) in [5, 5.41) is 11.7. The van der Waals surface area contributed by atoms with E-state index in [1.807, 2.05) is 32.0 Å². The van der Waals surface area contributed by atoms with Crippen LogP contribution in [0.25, 0.3) is 5.69 Å². The first kappa shape index (κ1) is 16.9. The van der Waals surface area contributed by atoms with Gasteiger partial charge in [0.05, 0.1) is 11.4 Å². The van der Waals surface area contributed by atoms with Crippen LogP contribution < -0.4 is 5.32 Å². The molecule has 0 radical (unpaired) electrons. The molecule has 2 aromatic rings. The Labute approximate surface area is 146 Å². The van der Waals surface area contributed by atoms with Crippen molar-refractivity contribution in [1.82, 2.24) is 25.2 Å². The van der Waals surface area contributed by atoms with Crippen molar-refractivity contribution >= 4 is 17.5 Å². The highest BCUT2D eigenvalue weighted by molar-refractivity contribution is 6.31. The summed E-state index contributed by atoms with van der Waals surface area (Å²) in [5.74, 6) is -0.184. The van der Waals surface area contributed by atoms with E-state index in [0.29, 0.717) is 23.0 Å². The molecule has 1 aromatic carbocycles. The average molecular weight is 348 g/mol. The van der Waals surface area contributed by atoms with Crippen molar-refractivity contribution < 1.29 is 4.79 Å². The maximum Gasteiger partial charge on any atom is 0.273 e. The first-order valence-electron chi connectivity index (χ1n) is 8.25. The summed E-state index contributed by atoms with van der Waals surface area (Å²) in [4.78, 5) is 14.7. The monoisotopic (exact) mass is 347 g/mol. The predicted molar refractivity (Wildman–Crippen MR) is 93.9 cm³/mol. The Bertz CT molecular complexity index is 737. The zero-order valence-electron chi connectivity index (χ0n) is 14.0. The largest absolute Gasteiger partial charge is 0.349 e. The van der Waals surface area contributed by atoms with Crippen LogP contribution in [-0.2, 0) is 0 Å². The van der Waals surface area contributed by atoms with Crippen LogP contribution in [0, 0.1) is 13.8 Å². The summed E-state index contributed by atoms with van der Waals surface area (Å²) in [6.07, 6.45) is 2.50. The zero-order chi connectivity index (χ0) is 17.1. The molecule has 0 atom stereocenters. The highest BCUT2D eigenvalue weighted by Crippen LogP contribution is 2.20. The van der Waals surface area contributed by atoms with Crippen LogP contribution in [-0.4, -0.2) is 52.0 Å². The lowest BCUT2D eigenvalue weighted by molar-refractivity contribution is 0.0944. The number of nitrogens with zero attached hydrogens (tertiary/aromatic N) is 4. The van der Waals surface area contributed by atoms with E-state index >= 15 is 0 Å². The standard InChI is InChI=1S/C17H22ClN5O/c1-12-5-6-14(11-15(12)18)23-13(2)16(20-21-23)17(24)19-7-10-22-8-3-4-9-22/h5-6,11H,3-4,7-10H2,1-2H3,(H,19,24). The molecule has 0 bridgehead atoms. The number of carbonyl (C=O) groups excluding carboxylic acids is 1. The van der Waals surface area contributed by atoms with Crippen LogP contribution in [0.15, 0.2) is 18.2 Å². The molecule has 1 amide bonds. The maximum atomic E-state index is 12.3. The summed E-state index contributed by atoms with van der Waals surface area (Å²) >= 11 is 6.17. The van der Waals surface area contributed by atoms with Gasteiger partial charge >= 0.3 is 0 Å². The fourth-order valence-electron chi connectivity index (χ4n) is 2.92. The third kappa shape index (κ3) is 3.60. The fraction of sp³-hybridized carbons (Fsp3) is 0.471. The van der Waals surface area contributed by atoms with Gasteiger partial charge in [0.2, 0.25) is 0 Å². The Hall–Kier alpha value is -1.92. The van der Waals surface area contributed by atoms with Crippen LogP contribution in [0.1, 0.15) is 34.6 Å². The Morgan fingerprint density at radius 2 is 2.04 bits per heavy atom. The van der Waals surface area contributed by atoms with Gasteiger partial charge in [0.25, 0.3) is 5.91 Å². The van der Waals surface area contributed by atoms with Gasteiger partial charge in [0.15, 0.2) is 5.69 Å². The number of rotatable bonds is 5. The number of likely N-dealkylation sites (tertiary alicyclic amines) is 1. The first-order chi connectivity index (χ1) is 11.6. The van der Waals surface area contributed by atoms with Gasteiger partial charge in [-0.15, -0.1) is 5.10 Å². The summed E-state index contributed by atoms with van der Waals surface area (Å²) in [6.45, 7) is 7.54. The lowest BCUT2D eigenvalue weighted by Gasteiger charge is -2.14. The molecule has 1 aliphatic rings. The highest BCUT2D eigenvalue weighted by Gasteiger charge is 2.18. The second-order valence-corrected chi connectivity index (χ2v) is 6.58. The molecule has 7 heteroatoms. The van der Waals surface area contributed by atoms with Gasteiger partial charge in [0.1, 0.15) is 0 Å². The van der Waals surface area contributed by atoms with Crippen molar-refractivity contribution in [2.75, 3.05) is 26.2 Å². The number of halogens is 1. The molecular formula is C17H22ClN5O. The van der Waals surface area contributed by atoms with Gasteiger partial charge in [-0.05, 0) is 57.5 Å². The highest BCUT2D eigenvalue weighted by atomic mass is 35.5. The molecule has 6 nitrogen and oxygen atoms in total. The molecule has 0 spiro atoms. The normalized spacial score (nSPS) is 15.0. The van der Waals surface area contributed by atoms with Gasteiger partial charge < -0.3 is 10.2 Å². The molecule has 0 saturated carbocycles. The van der Waals surface area contributed by atoms with Crippen LogP contribution in [0.4, 0.5) is 0 Å². The average Bonchev–Trinajstić information content (AvgIpc) is 3.20. The van der Waals surface area contributed by atoms with E-state index in [-0.39, 0.29) is 5.91 Å². The van der Waals surface area contributed by atoms with Crippen LogP contribution in [0.3, 0.4) is 0 Å². The molecule has 1 aromatic heterocycles. The Kier molecular flexibility index (Phi) is 5.16. The SMILES string of the molecule is Cc1ccc(-n2nnc(C(=O)NCCN3CCCC3)c2C)cc1Cl. The number of amides is 1. The first-order valence-corrected chi connectivity index (χ1v) is 8.63.